The lowest BCUT2D eigenvalue weighted by Gasteiger charge is -2.09. The number of carbonyl (C=O) groups excluding carboxylic acids is 1. The van der Waals surface area contributed by atoms with E-state index in [-0.39, 0.29) is 17.2 Å². The van der Waals surface area contributed by atoms with Crippen molar-refractivity contribution in [1.82, 2.24) is 15.1 Å². The number of phenols is 1. The number of rotatable bonds is 4. The average Bonchev–Trinajstić information content (AvgIpc) is 2.70. The summed E-state index contributed by atoms with van der Waals surface area (Å²) in [5.74, 6) is 0.0914. The number of benzene rings is 1. The van der Waals surface area contributed by atoms with Crippen molar-refractivity contribution in [2.24, 2.45) is 7.05 Å². The Morgan fingerprint density at radius 3 is 2.71 bits per heavy atom. The smallest absolute Gasteiger partial charge is 0.255 e. The Balaban J connectivity index is 2.15. The van der Waals surface area contributed by atoms with Crippen LogP contribution >= 0.6 is 0 Å². The fourth-order valence-corrected chi connectivity index (χ4v) is 2.16. The lowest BCUT2D eigenvalue weighted by molar-refractivity contribution is 0.0948. The van der Waals surface area contributed by atoms with Gasteiger partial charge in [-0.05, 0) is 32.0 Å². The molecule has 2 N–H and O–H groups in total. The van der Waals surface area contributed by atoms with Crippen LogP contribution in [-0.4, -0.2) is 27.9 Å². The van der Waals surface area contributed by atoms with Crippen LogP contribution in [0, 0.1) is 13.8 Å². The summed E-state index contributed by atoms with van der Waals surface area (Å²) in [7, 11) is 3.37. The van der Waals surface area contributed by atoms with E-state index in [0.717, 1.165) is 17.0 Å². The highest BCUT2D eigenvalue weighted by molar-refractivity contribution is 5.97. The highest BCUT2D eigenvalue weighted by atomic mass is 16.5. The van der Waals surface area contributed by atoms with Crippen molar-refractivity contribution < 1.29 is 14.6 Å². The van der Waals surface area contributed by atoms with Crippen molar-refractivity contribution in [3.63, 3.8) is 0 Å². The number of aromatic hydroxyl groups is 1. The molecule has 1 aromatic heterocycles. The van der Waals surface area contributed by atoms with Crippen LogP contribution in [0.25, 0.3) is 0 Å². The maximum atomic E-state index is 12.2. The molecule has 6 heteroatoms. The summed E-state index contributed by atoms with van der Waals surface area (Å²) >= 11 is 0. The number of ether oxygens (including phenoxy) is 1. The minimum Gasteiger partial charge on any atom is -0.507 e. The molecule has 1 aromatic carbocycles. The average molecular weight is 289 g/mol. The second-order valence-corrected chi connectivity index (χ2v) is 4.84. The van der Waals surface area contributed by atoms with E-state index in [9.17, 15) is 9.90 Å². The normalized spacial score (nSPS) is 10.5. The van der Waals surface area contributed by atoms with E-state index >= 15 is 0 Å². The van der Waals surface area contributed by atoms with E-state index in [1.165, 1.54) is 19.2 Å². The summed E-state index contributed by atoms with van der Waals surface area (Å²) in [6.45, 7) is 4.21. The molecule has 1 amide bonds. The first kappa shape index (κ1) is 14.9. The summed E-state index contributed by atoms with van der Waals surface area (Å²) < 4.78 is 6.84. The van der Waals surface area contributed by atoms with E-state index in [1.54, 1.807) is 10.7 Å². The van der Waals surface area contributed by atoms with Gasteiger partial charge in [0.1, 0.15) is 11.5 Å². The van der Waals surface area contributed by atoms with Crippen LogP contribution in [0.2, 0.25) is 0 Å². The van der Waals surface area contributed by atoms with E-state index < -0.39 is 0 Å². The van der Waals surface area contributed by atoms with Gasteiger partial charge in [0.25, 0.3) is 5.91 Å². The standard InChI is InChI=1S/C15H19N3O3/c1-9-13(10(2)18(3)17-9)8-16-15(20)12-7-11(21-4)5-6-14(12)19/h5-7,19H,8H2,1-4H3,(H,16,20). The number of carbonyl (C=O) groups is 1. The van der Waals surface area contributed by atoms with Gasteiger partial charge in [-0.3, -0.25) is 9.48 Å². The molecule has 0 saturated heterocycles. The molecule has 0 saturated carbocycles. The number of phenolic OH excluding ortho intramolecular Hbond substituents is 1. The van der Waals surface area contributed by atoms with Gasteiger partial charge in [0.05, 0.1) is 18.4 Å². The number of aryl methyl sites for hydroxylation is 2. The SMILES string of the molecule is COc1ccc(O)c(C(=O)NCc2c(C)nn(C)c2C)c1. The first-order valence-electron chi connectivity index (χ1n) is 6.58. The molecule has 0 atom stereocenters. The molecule has 0 aliphatic rings. The van der Waals surface area contributed by atoms with E-state index in [4.69, 9.17) is 4.74 Å². The van der Waals surface area contributed by atoms with Gasteiger partial charge < -0.3 is 15.2 Å². The molecule has 21 heavy (non-hydrogen) atoms. The fraction of sp³-hybridized carbons (Fsp3) is 0.333. The third-order valence-electron chi connectivity index (χ3n) is 3.53. The number of methoxy groups -OCH3 is 1. The van der Waals surface area contributed by atoms with Crippen molar-refractivity contribution in [2.45, 2.75) is 20.4 Å². The van der Waals surface area contributed by atoms with E-state index in [1.807, 2.05) is 20.9 Å². The molecule has 0 bridgehead atoms. The summed E-state index contributed by atoms with van der Waals surface area (Å²) in [4.78, 5) is 12.2. The summed E-state index contributed by atoms with van der Waals surface area (Å²) in [5.41, 5.74) is 3.05. The minimum absolute atomic E-state index is 0.0760. The molecular formula is C15H19N3O3. The van der Waals surface area contributed by atoms with E-state index in [0.29, 0.717) is 12.3 Å². The second kappa shape index (κ2) is 5.87. The van der Waals surface area contributed by atoms with Gasteiger partial charge in [-0.15, -0.1) is 0 Å². The number of nitrogens with one attached hydrogen (secondary N) is 1. The third-order valence-corrected chi connectivity index (χ3v) is 3.53. The Morgan fingerprint density at radius 1 is 1.43 bits per heavy atom. The van der Waals surface area contributed by atoms with Gasteiger partial charge in [-0.2, -0.15) is 5.10 Å². The minimum atomic E-state index is -0.353. The zero-order valence-electron chi connectivity index (χ0n) is 12.6. The molecule has 0 radical (unpaired) electrons. The topological polar surface area (TPSA) is 76.4 Å². The van der Waals surface area contributed by atoms with Crippen LogP contribution in [0.1, 0.15) is 27.3 Å². The summed E-state index contributed by atoms with van der Waals surface area (Å²) in [6, 6.07) is 4.55. The lowest BCUT2D eigenvalue weighted by atomic mass is 10.1. The predicted octanol–water partition coefficient (Wildman–Crippen LogP) is 1.68. The van der Waals surface area contributed by atoms with Crippen molar-refractivity contribution in [3.8, 4) is 11.5 Å². The number of aromatic nitrogens is 2. The van der Waals surface area contributed by atoms with Crippen LogP contribution in [0.15, 0.2) is 18.2 Å². The molecule has 0 spiro atoms. The molecule has 2 rings (SSSR count). The first-order chi connectivity index (χ1) is 9.93. The van der Waals surface area contributed by atoms with Crippen molar-refractivity contribution in [1.29, 1.82) is 0 Å². The molecule has 1 heterocycles. The first-order valence-corrected chi connectivity index (χ1v) is 6.58. The monoisotopic (exact) mass is 289 g/mol. The molecule has 0 aliphatic heterocycles. The highest BCUT2D eigenvalue weighted by Crippen LogP contribution is 2.23. The highest BCUT2D eigenvalue weighted by Gasteiger charge is 2.15. The quantitative estimate of drug-likeness (QED) is 0.898. The number of nitrogens with zero attached hydrogens (tertiary/aromatic N) is 2. The Hall–Kier alpha value is -2.50. The summed E-state index contributed by atoms with van der Waals surface area (Å²) in [6.07, 6.45) is 0. The van der Waals surface area contributed by atoms with Crippen LogP contribution in [0.4, 0.5) is 0 Å². The molecule has 2 aromatic rings. The Bertz CT molecular complexity index is 677. The maximum absolute atomic E-state index is 12.2. The van der Waals surface area contributed by atoms with Crippen LogP contribution in [0.5, 0.6) is 11.5 Å². The number of amides is 1. The molecule has 0 unspecified atom stereocenters. The van der Waals surface area contributed by atoms with Crippen molar-refractivity contribution in [2.75, 3.05) is 7.11 Å². The van der Waals surface area contributed by atoms with Gasteiger partial charge in [-0.25, -0.2) is 0 Å². The van der Waals surface area contributed by atoms with Gasteiger partial charge >= 0.3 is 0 Å². The van der Waals surface area contributed by atoms with E-state index in [2.05, 4.69) is 10.4 Å². The largest absolute Gasteiger partial charge is 0.507 e. The molecule has 112 valence electrons. The molecular weight excluding hydrogens is 270 g/mol. The maximum Gasteiger partial charge on any atom is 0.255 e. The predicted molar refractivity (Wildman–Crippen MR) is 78.5 cm³/mol. The zero-order valence-corrected chi connectivity index (χ0v) is 12.6. The van der Waals surface area contributed by atoms with Crippen molar-refractivity contribution in [3.05, 3.63) is 40.7 Å². The zero-order chi connectivity index (χ0) is 15.6. The lowest BCUT2D eigenvalue weighted by Crippen LogP contribution is -2.23. The molecule has 0 aliphatic carbocycles. The van der Waals surface area contributed by atoms with Gasteiger partial charge in [0.15, 0.2) is 0 Å². The Labute approximate surface area is 123 Å². The van der Waals surface area contributed by atoms with Crippen LogP contribution in [-0.2, 0) is 13.6 Å². The summed E-state index contributed by atoms with van der Waals surface area (Å²) in [5, 5.41) is 16.9. The van der Waals surface area contributed by atoms with Gasteiger partial charge in [0, 0.05) is 24.8 Å². The third kappa shape index (κ3) is 2.99. The van der Waals surface area contributed by atoms with Crippen molar-refractivity contribution >= 4 is 5.91 Å². The molecule has 6 nitrogen and oxygen atoms in total. The Morgan fingerprint density at radius 2 is 2.14 bits per heavy atom. The Kier molecular flexibility index (Phi) is 4.16. The second-order valence-electron chi connectivity index (χ2n) is 4.84. The van der Waals surface area contributed by atoms with Gasteiger partial charge in [-0.1, -0.05) is 0 Å². The van der Waals surface area contributed by atoms with Gasteiger partial charge in [0.2, 0.25) is 0 Å². The number of hydrogen-bond donors (Lipinski definition) is 2. The fourth-order valence-electron chi connectivity index (χ4n) is 2.16. The van der Waals surface area contributed by atoms with Crippen LogP contribution in [0.3, 0.4) is 0 Å². The van der Waals surface area contributed by atoms with Crippen LogP contribution < -0.4 is 10.1 Å². The molecule has 0 fully saturated rings. The number of hydrogen-bond acceptors (Lipinski definition) is 4.